The fourth-order valence-corrected chi connectivity index (χ4v) is 2.63. The van der Waals surface area contributed by atoms with Crippen LogP contribution in [0.4, 0.5) is 4.79 Å². The summed E-state index contributed by atoms with van der Waals surface area (Å²) >= 11 is 0. The average Bonchev–Trinajstić information content (AvgIpc) is 2.48. The standard InChI is InChI=1S/C16H25N3O/c1-18-12-9-15(10-13-18)19(2)16(20)17-11-8-14-6-4-3-5-7-14/h3-7,15H,8-13H2,1-2H3,(H,17,20). The van der Waals surface area contributed by atoms with E-state index < -0.39 is 0 Å². The SMILES string of the molecule is CN1CCC(N(C)C(=O)NCCc2ccccc2)CC1. The molecule has 110 valence electrons. The zero-order valence-corrected chi connectivity index (χ0v) is 12.5. The van der Waals surface area contributed by atoms with E-state index in [1.54, 1.807) is 0 Å². The molecule has 1 fully saturated rings. The fourth-order valence-electron chi connectivity index (χ4n) is 2.63. The predicted molar refractivity (Wildman–Crippen MR) is 81.8 cm³/mol. The van der Waals surface area contributed by atoms with E-state index in [1.807, 2.05) is 30.1 Å². The van der Waals surface area contributed by atoms with Crippen LogP contribution < -0.4 is 5.32 Å². The van der Waals surface area contributed by atoms with Crippen molar-refractivity contribution in [2.24, 2.45) is 0 Å². The van der Waals surface area contributed by atoms with E-state index in [0.29, 0.717) is 12.6 Å². The summed E-state index contributed by atoms with van der Waals surface area (Å²) in [4.78, 5) is 16.3. The highest BCUT2D eigenvalue weighted by atomic mass is 16.2. The molecule has 2 amide bonds. The molecule has 1 aliphatic rings. The summed E-state index contributed by atoms with van der Waals surface area (Å²) in [7, 11) is 4.05. The maximum Gasteiger partial charge on any atom is 0.317 e. The topological polar surface area (TPSA) is 35.6 Å². The minimum absolute atomic E-state index is 0.0514. The highest BCUT2D eigenvalue weighted by Gasteiger charge is 2.23. The molecule has 0 bridgehead atoms. The number of hydrogen-bond acceptors (Lipinski definition) is 2. The molecule has 0 aliphatic carbocycles. The van der Waals surface area contributed by atoms with Crippen molar-refractivity contribution in [1.82, 2.24) is 15.1 Å². The Kier molecular flexibility index (Phi) is 5.41. The maximum absolute atomic E-state index is 12.1. The van der Waals surface area contributed by atoms with Crippen molar-refractivity contribution in [2.75, 3.05) is 33.7 Å². The molecule has 4 heteroatoms. The largest absolute Gasteiger partial charge is 0.338 e. The molecule has 1 heterocycles. The van der Waals surface area contributed by atoms with Gasteiger partial charge in [0.25, 0.3) is 0 Å². The lowest BCUT2D eigenvalue weighted by atomic mass is 10.0. The van der Waals surface area contributed by atoms with Crippen LogP contribution in [0.5, 0.6) is 0 Å². The van der Waals surface area contributed by atoms with Gasteiger partial charge in [-0.2, -0.15) is 0 Å². The van der Waals surface area contributed by atoms with Crippen LogP contribution in [0.15, 0.2) is 30.3 Å². The third-order valence-corrected chi connectivity index (χ3v) is 4.09. The molecule has 0 radical (unpaired) electrons. The molecule has 0 unspecified atom stereocenters. The molecular formula is C16H25N3O. The molecule has 2 rings (SSSR count). The first-order chi connectivity index (χ1) is 9.66. The smallest absolute Gasteiger partial charge is 0.317 e. The second-order valence-electron chi connectivity index (χ2n) is 5.61. The van der Waals surface area contributed by atoms with E-state index in [0.717, 1.165) is 32.4 Å². The van der Waals surface area contributed by atoms with Crippen molar-refractivity contribution in [3.8, 4) is 0 Å². The van der Waals surface area contributed by atoms with E-state index >= 15 is 0 Å². The molecule has 1 N–H and O–H groups in total. The van der Waals surface area contributed by atoms with E-state index in [-0.39, 0.29) is 6.03 Å². The lowest BCUT2D eigenvalue weighted by Gasteiger charge is -2.35. The number of likely N-dealkylation sites (tertiary alicyclic amines) is 1. The van der Waals surface area contributed by atoms with Crippen molar-refractivity contribution in [3.05, 3.63) is 35.9 Å². The highest BCUT2D eigenvalue weighted by molar-refractivity contribution is 5.74. The summed E-state index contributed by atoms with van der Waals surface area (Å²) in [6.45, 7) is 2.85. The van der Waals surface area contributed by atoms with Crippen LogP contribution in [0.3, 0.4) is 0 Å². The van der Waals surface area contributed by atoms with Crippen LogP contribution in [-0.4, -0.2) is 55.6 Å². The van der Waals surface area contributed by atoms with E-state index in [1.165, 1.54) is 5.56 Å². The summed E-state index contributed by atoms with van der Waals surface area (Å²) in [5.74, 6) is 0. The van der Waals surface area contributed by atoms with E-state index in [9.17, 15) is 4.79 Å². The normalized spacial score (nSPS) is 16.9. The molecule has 1 saturated heterocycles. The monoisotopic (exact) mass is 275 g/mol. The van der Waals surface area contributed by atoms with Gasteiger partial charge in [-0.1, -0.05) is 30.3 Å². The number of urea groups is 1. The number of rotatable bonds is 4. The zero-order valence-electron chi connectivity index (χ0n) is 12.5. The number of carbonyl (C=O) groups excluding carboxylic acids is 1. The number of hydrogen-bond donors (Lipinski definition) is 1. The van der Waals surface area contributed by atoms with Gasteiger partial charge in [0, 0.05) is 19.6 Å². The summed E-state index contributed by atoms with van der Waals surface area (Å²) in [6, 6.07) is 10.7. The third-order valence-electron chi connectivity index (χ3n) is 4.09. The number of benzene rings is 1. The van der Waals surface area contributed by atoms with Crippen molar-refractivity contribution in [2.45, 2.75) is 25.3 Å². The Morgan fingerprint density at radius 3 is 2.60 bits per heavy atom. The van der Waals surface area contributed by atoms with Crippen LogP contribution in [0.2, 0.25) is 0 Å². The summed E-state index contributed by atoms with van der Waals surface area (Å²) in [6.07, 6.45) is 3.02. The fraction of sp³-hybridized carbons (Fsp3) is 0.562. The molecule has 1 aromatic carbocycles. The summed E-state index contributed by atoms with van der Waals surface area (Å²) in [5.41, 5.74) is 1.26. The van der Waals surface area contributed by atoms with Gasteiger partial charge in [-0.15, -0.1) is 0 Å². The zero-order chi connectivity index (χ0) is 14.4. The van der Waals surface area contributed by atoms with Crippen molar-refractivity contribution in [1.29, 1.82) is 0 Å². The van der Waals surface area contributed by atoms with Gasteiger partial charge in [-0.05, 0) is 45.0 Å². The minimum Gasteiger partial charge on any atom is -0.338 e. The lowest BCUT2D eigenvalue weighted by Crippen LogP contribution is -2.48. The number of nitrogens with one attached hydrogen (secondary N) is 1. The molecule has 4 nitrogen and oxygen atoms in total. The van der Waals surface area contributed by atoms with Crippen LogP contribution >= 0.6 is 0 Å². The van der Waals surface area contributed by atoms with Crippen LogP contribution in [0, 0.1) is 0 Å². The molecule has 0 spiro atoms. The highest BCUT2D eigenvalue weighted by Crippen LogP contribution is 2.13. The van der Waals surface area contributed by atoms with Gasteiger partial charge < -0.3 is 15.1 Å². The molecule has 0 aromatic heterocycles. The molecule has 20 heavy (non-hydrogen) atoms. The van der Waals surface area contributed by atoms with E-state index in [2.05, 4.69) is 29.4 Å². The third kappa shape index (κ3) is 4.23. The molecule has 0 atom stereocenters. The van der Waals surface area contributed by atoms with Crippen LogP contribution in [0.1, 0.15) is 18.4 Å². The Balaban J connectivity index is 1.71. The van der Waals surface area contributed by atoms with Gasteiger partial charge in [-0.25, -0.2) is 4.79 Å². The lowest BCUT2D eigenvalue weighted by molar-refractivity contribution is 0.148. The van der Waals surface area contributed by atoms with Gasteiger partial charge in [0.05, 0.1) is 0 Å². The Labute approximate surface area is 121 Å². The van der Waals surface area contributed by atoms with Crippen molar-refractivity contribution in [3.63, 3.8) is 0 Å². The van der Waals surface area contributed by atoms with Gasteiger partial charge >= 0.3 is 6.03 Å². The summed E-state index contributed by atoms with van der Waals surface area (Å²) < 4.78 is 0. The Morgan fingerprint density at radius 2 is 1.95 bits per heavy atom. The molecule has 0 saturated carbocycles. The number of nitrogens with zero attached hydrogens (tertiary/aromatic N) is 2. The van der Waals surface area contributed by atoms with Gasteiger partial charge in [0.1, 0.15) is 0 Å². The van der Waals surface area contributed by atoms with Gasteiger partial charge in [-0.3, -0.25) is 0 Å². The Hall–Kier alpha value is -1.55. The Bertz CT molecular complexity index is 413. The van der Waals surface area contributed by atoms with Gasteiger partial charge in [0.2, 0.25) is 0 Å². The first-order valence-electron chi connectivity index (χ1n) is 7.40. The molecule has 1 aliphatic heterocycles. The first-order valence-corrected chi connectivity index (χ1v) is 7.40. The second-order valence-corrected chi connectivity index (χ2v) is 5.61. The molecule has 1 aromatic rings. The molecular weight excluding hydrogens is 250 g/mol. The van der Waals surface area contributed by atoms with Gasteiger partial charge in [0.15, 0.2) is 0 Å². The average molecular weight is 275 g/mol. The number of piperidine rings is 1. The minimum atomic E-state index is 0.0514. The maximum atomic E-state index is 12.1. The summed E-state index contributed by atoms with van der Waals surface area (Å²) in [5, 5.41) is 3.01. The van der Waals surface area contributed by atoms with Crippen molar-refractivity contribution < 1.29 is 4.79 Å². The second kappa shape index (κ2) is 7.29. The number of carbonyl (C=O) groups is 1. The van der Waals surface area contributed by atoms with E-state index in [4.69, 9.17) is 0 Å². The number of amides is 2. The van der Waals surface area contributed by atoms with Crippen molar-refractivity contribution >= 4 is 6.03 Å². The Morgan fingerprint density at radius 1 is 1.30 bits per heavy atom. The van der Waals surface area contributed by atoms with Crippen LogP contribution in [0.25, 0.3) is 0 Å². The first kappa shape index (κ1) is 14.9. The van der Waals surface area contributed by atoms with Crippen LogP contribution in [-0.2, 0) is 6.42 Å². The predicted octanol–water partition coefficient (Wildman–Crippen LogP) is 1.96. The quantitative estimate of drug-likeness (QED) is 0.912.